The summed E-state index contributed by atoms with van der Waals surface area (Å²) < 4.78 is 11.0. The predicted molar refractivity (Wildman–Crippen MR) is 117 cm³/mol. The highest BCUT2D eigenvalue weighted by molar-refractivity contribution is 6.30. The molecule has 5 rings (SSSR count). The van der Waals surface area contributed by atoms with Crippen LogP contribution in [0.1, 0.15) is 17.4 Å². The second-order valence-corrected chi connectivity index (χ2v) is 7.92. The molecule has 1 aliphatic rings. The fourth-order valence-electron chi connectivity index (χ4n) is 4.40. The maximum Gasteiger partial charge on any atom is 0.331 e. The molecule has 2 aromatic heterocycles. The molecule has 0 bridgehead atoms. The Bertz CT molecular complexity index is 1400. The Kier molecular flexibility index (Phi) is 4.41. The van der Waals surface area contributed by atoms with Gasteiger partial charge in [0, 0.05) is 25.7 Å². The van der Waals surface area contributed by atoms with E-state index < -0.39 is 6.10 Å². The van der Waals surface area contributed by atoms with Gasteiger partial charge >= 0.3 is 5.69 Å². The van der Waals surface area contributed by atoms with Crippen molar-refractivity contribution in [3.8, 4) is 11.3 Å². The van der Waals surface area contributed by atoms with Crippen LogP contribution in [-0.2, 0) is 25.4 Å². The lowest BCUT2D eigenvalue weighted by molar-refractivity contribution is 0.0478. The van der Waals surface area contributed by atoms with Gasteiger partial charge in [-0.25, -0.2) is 4.79 Å². The molecule has 0 N–H and O–H groups in total. The lowest BCUT2D eigenvalue weighted by Crippen LogP contribution is -2.37. The Labute approximate surface area is 177 Å². The van der Waals surface area contributed by atoms with Crippen molar-refractivity contribution in [1.82, 2.24) is 13.7 Å². The summed E-state index contributed by atoms with van der Waals surface area (Å²) >= 11 is 6.24. The third-order valence-electron chi connectivity index (χ3n) is 5.75. The van der Waals surface area contributed by atoms with Gasteiger partial charge in [-0.2, -0.15) is 0 Å². The van der Waals surface area contributed by atoms with Gasteiger partial charge in [-0.3, -0.25) is 13.9 Å². The van der Waals surface area contributed by atoms with Crippen molar-refractivity contribution in [3.63, 3.8) is 0 Å². The zero-order chi connectivity index (χ0) is 21.0. The molecule has 0 amide bonds. The Morgan fingerprint density at radius 2 is 1.77 bits per heavy atom. The first-order chi connectivity index (χ1) is 14.5. The Balaban J connectivity index is 1.96. The molecule has 6 nitrogen and oxygen atoms in total. The van der Waals surface area contributed by atoms with Crippen LogP contribution in [0.3, 0.4) is 0 Å². The summed E-state index contributed by atoms with van der Waals surface area (Å²) in [7, 11) is 3.21. The maximum atomic E-state index is 13.3. The molecule has 0 radical (unpaired) electrons. The molecule has 0 saturated carbocycles. The van der Waals surface area contributed by atoms with Crippen molar-refractivity contribution in [3.05, 3.63) is 91.7 Å². The second kappa shape index (κ2) is 7.00. The van der Waals surface area contributed by atoms with E-state index in [2.05, 4.69) is 4.57 Å². The molecule has 30 heavy (non-hydrogen) atoms. The zero-order valence-electron chi connectivity index (χ0n) is 16.6. The highest BCUT2D eigenvalue weighted by atomic mass is 35.5. The van der Waals surface area contributed by atoms with E-state index in [0.717, 1.165) is 27.1 Å². The molecule has 1 unspecified atom stereocenters. The van der Waals surface area contributed by atoms with Gasteiger partial charge in [0.05, 0.1) is 28.9 Å². The number of ether oxygens (including phenoxy) is 1. The summed E-state index contributed by atoms with van der Waals surface area (Å²) in [4.78, 5) is 26.1. The van der Waals surface area contributed by atoms with Crippen molar-refractivity contribution < 1.29 is 4.74 Å². The molecule has 0 aliphatic carbocycles. The van der Waals surface area contributed by atoms with Gasteiger partial charge in [0.2, 0.25) is 0 Å². The number of hydrogen-bond donors (Lipinski definition) is 0. The molecule has 0 fully saturated rings. The van der Waals surface area contributed by atoms with E-state index in [1.165, 1.54) is 7.05 Å². The number of aryl methyl sites for hydroxylation is 1. The topological polar surface area (TPSA) is 58.2 Å². The van der Waals surface area contributed by atoms with Gasteiger partial charge < -0.3 is 9.30 Å². The monoisotopic (exact) mass is 421 g/mol. The standard InChI is InChI=1S/C23H20ClN3O3/c1-25-19-17(22(28)26(2)23(25)29)18(14-7-4-3-5-8-14)27-11-12-30-21(20(19)27)15-9-6-10-16(24)13-15/h3-10,13,21H,11-12H2,1-2H3. The van der Waals surface area contributed by atoms with Crippen LogP contribution in [-0.4, -0.2) is 20.3 Å². The first-order valence-corrected chi connectivity index (χ1v) is 10.1. The maximum absolute atomic E-state index is 13.3. The van der Waals surface area contributed by atoms with Gasteiger partial charge in [-0.1, -0.05) is 54.1 Å². The van der Waals surface area contributed by atoms with E-state index >= 15 is 0 Å². The molecule has 0 saturated heterocycles. The molecular weight excluding hydrogens is 402 g/mol. The molecule has 1 aliphatic heterocycles. The van der Waals surface area contributed by atoms with E-state index in [1.54, 1.807) is 11.6 Å². The fourth-order valence-corrected chi connectivity index (χ4v) is 4.60. The first-order valence-electron chi connectivity index (χ1n) is 9.73. The number of fused-ring (bicyclic) bond motifs is 3. The van der Waals surface area contributed by atoms with Crippen LogP contribution in [0.5, 0.6) is 0 Å². The van der Waals surface area contributed by atoms with Gasteiger partial charge in [0.1, 0.15) is 6.10 Å². The number of nitrogens with zero attached hydrogens (tertiary/aromatic N) is 3. The van der Waals surface area contributed by atoms with Crippen molar-refractivity contribution >= 4 is 22.5 Å². The highest BCUT2D eigenvalue weighted by Crippen LogP contribution is 2.40. The van der Waals surface area contributed by atoms with Crippen LogP contribution in [0.25, 0.3) is 22.2 Å². The van der Waals surface area contributed by atoms with Gasteiger partial charge in [0.25, 0.3) is 5.56 Å². The molecule has 1 atom stereocenters. The normalized spacial score (nSPS) is 16.0. The molecule has 7 heteroatoms. The van der Waals surface area contributed by atoms with E-state index in [0.29, 0.717) is 29.1 Å². The Hall–Kier alpha value is -3.09. The van der Waals surface area contributed by atoms with Crippen LogP contribution < -0.4 is 11.2 Å². The summed E-state index contributed by atoms with van der Waals surface area (Å²) in [6.07, 6.45) is -0.435. The number of halogens is 1. The molecule has 3 heterocycles. The minimum absolute atomic E-state index is 0.307. The third kappa shape index (κ3) is 2.68. The van der Waals surface area contributed by atoms with Gasteiger partial charge in [-0.05, 0) is 23.3 Å². The fraction of sp³-hybridized carbons (Fsp3) is 0.217. The number of hydrogen-bond acceptors (Lipinski definition) is 3. The second-order valence-electron chi connectivity index (χ2n) is 7.49. The minimum Gasteiger partial charge on any atom is -0.365 e. The quantitative estimate of drug-likeness (QED) is 0.498. The lowest BCUT2D eigenvalue weighted by atomic mass is 10.0. The van der Waals surface area contributed by atoms with Crippen LogP contribution in [0.4, 0.5) is 0 Å². The van der Waals surface area contributed by atoms with E-state index in [4.69, 9.17) is 16.3 Å². The number of rotatable bonds is 2. The number of benzene rings is 2. The molecule has 152 valence electrons. The summed E-state index contributed by atoms with van der Waals surface area (Å²) in [5.41, 5.74) is 3.36. The molecule has 2 aromatic carbocycles. The summed E-state index contributed by atoms with van der Waals surface area (Å²) in [5.74, 6) is 0. The SMILES string of the molecule is Cn1c(=O)c2c(-c3ccccc3)n3c(c2n(C)c1=O)C(c1cccc(Cl)c1)OCC3. The van der Waals surface area contributed by atoms with Crippen molar-refractivity contribution in [1.29, 1.82) is 0 Å². The first kappa shape index (κ1) is 18.9. The van der Waals surface area contributed by atoms with E-state index in [1.807, 2.05) is 54.6 Å². The largest absolute Gasteiger partial charge is 0.365 e. The van der Waals surface area contributed by atoms with E-state index in [9.17, 15) is 9.59 Å². The Morgan fingerprint density at radius 3 is 2.50 bits per heavy atom. The molecule has 4 aromatic rings. The molecular formula is C23H20ClN3O3. The average molecular weight is 422 g/mol. The number of aromatic nitrogens is 3. The van der Waals surface area contributed by atoms with Crippen LogP contribution in [0, 0.1) is 0 Å². The smallest absolute Gasteiger partial charge is 0.331 e. The van der Waals surface area contributed by atoms with E-state index in [-0.39, 0.29) is 11.2 Å². The summed E-state index contributed by atoms with van der Waals surface area (Å²) in [5, 5.41) is 1.13. The summed E-state index contributed by atoms with van der Waals surface area (Å²) in [6, 6.07) is 17.3. The van der Waals surface area contributed by atoms with Crippen LogP contribution in [0.15, 0.2) is 64.2 Å². The predicted octanol–water partition coefficient (Wildman–Crippen LogP) is 3.48. The zero-order valence-corrected chi connectivity index (χ0v) is 17.4. The van der Waals surface area contributed by atoms with Crippen molar-refractivity contribution in [2.24, 2.45) is 14.1 Å². The van der Waals surface area contributed by atoms with Gasteiger partial charge in [-0.15, -0.1) is 0 Å². The molecule has 0 spiro atoms. The van der Waals surface area contributed by atoms with Crippen LogP contribution in [0.2, 0.25) is 5.02 Å². The van der Waals surface area contributed by atoms with Crippen molar-refractivity contribution in [2.45, 2.75) is 12.6 Å². The Morgan fingerprint density at radius 1 is 1.00 bits per heavy atom. The summed E-state index contributed by atoms with van der Waals surface area (Å²) in [6.45, 7) is 1.07. The minimum atomic E-state index is -0.435. The van der Waals surface area contributed by atoms with Crippen LogP contribution >= 0.6 is 11.6 Å². The lowest BCUT2D eigenvalue weighted by Gasteiger charge is -2.27. The van der Waals surface area contributed by atoms with Crippen molar-refractivity contribution in [2.75, 3.05) is 6.61 Å². The van der Waals surface area contributed by atoms with Gasteiger partial charge in [0.15, 0.2) is 0 Å². The average Bonchev–Trinajstić information content (AvgIpc) is 3.12. The highest BCUT2D eigenvalue weighted by Gasteiger charge is 2.33. The third-order valence-corrected chi connectivity index (χ3v) is 5.99.